The Kier molecular flexibility index (Phi) is 1.36. The Balaban J connectivity index is 2.43. The molecule has 0 heterocycles. The summed E-state index contributed by atoms with van der Waals surface area (Å²) in [6, 6.07) is 5.27. The van der Waals surface area contributed by atoms with Crippen LogP contribution < -0.4 is 0 Å². The molecule has 1 atom stereocenters. The van der Waals surface area contributed by atoms with Gasteiger partial charge in [0.15, 0.2) is 0 Å². The van der Waals surface area contributed by atoms with Gasteiger partial charge in [-0.2, -0.15) is 0 Å². The van der Waals surface area contributed by atoms with Crippen LogP contribution in [0.25, 0.3) is 0 Å². The molecule has 0 aliphatic heterocycles. The summed E-state index contributed by atoms with van der Waals surface area (Å²) < 4.78 is 0. The lowest BCUT2D eigenvalue weighted by Gasteiger charge is -1.96. The maximum Gasteiger partial charge on any atom is 0.115 e. The highest BCUT2D eigenvalue weighted by Crippen LogP contribution is 2.25. The highest BCUT2D eigenvalue weighted by atomic mass is 16.3. The summed E-state index contributed by atoms with van der Waals surface area (Å²) in [5.74, 6) is 0.290. The van der Waals surface area contributed by atoms with E-state index in [1.807, 2.05) is 6.07 Å². The monoisotopic (exact) mass is 150 g/mol. The van der Waals surface area contributed by atoms with Crippen molar-refractivity contribution < 1.29 is 10.2 Å². The predicted molar refractivity (Wildman–Crippen MR) is 41.5 cm³/mol. The van der Waals surface area contributed by atoms with Crippen molar-refractivity contribution in [3.63, 3.8) is 0 Å². The van der Waals surface area contributed by atoms with Gasteiger partial charge in [0.1, 0.15) is 5.75 Å². The molecule has 2 nitrogen and oxygen atoms in total. The molecule has 0 amide bonds. The number of phenolic OH excluding ortho intramolecular Hbond substituents is 1. The van der Waals surface area contributed by atoms with Crippen LogP contribution in [0.15, 0.2) is 18.2 Å². The molecule has 58 valence electrons. The van der Waals surface area contributed by atoms with Crippen LogP contribution in [-0.4, -0.2) is 16.3 Å². The molecule has 0 bridgehead atoms. The lowest BCUT2D eigenvalue weighted by Crippen LogP contribution is -2.03. The molecule has 1 aromatic rings. The van der Waals surface area contributed by atoms with Crippen LogP contribution in [0, 0.1) is 0 Å². The van der Waals surface area contributed by atoms with E-state index in [0.717, 1.165) is 17.5 Å². The minimum atomic E-state index is -0.244. The third-order valence-corrected chi connectivity index (χ3v) is 2.10. The third kappa shape index (κ3) is 1.10. The molecule has 2 N–H and O–H groups in total. The molecule has 0 radical (unpaired) electrons. The van der Waals surface area contributed by atoms with Crippen molar-refractivity contribution in [1.82, 2.24) is 0 Å². The van der Waals surface area contributed by atoms with Crippen LogP contribution in [-0.2, 0) is 12.8 Å². The smallest absolute Gasteiger partial charge is 0.115 e. The molecule has 1 aromatic carbocycles. The predicted octanol–water partition coefficient (Wildman–Crippen LogP) is 0.852. The highest BCUT2D eigenvalue weighted by Gasteiger charge is 2.18. The second kappa shape index (κ2) is 2.24. The van der Waals surface area contributed by atoms with Gasteiger partial charge in [0.2, 0.25) is 0 Å². The molecule has 2 rings (SSSR count). The summed E-state index contributed by atoms with van der Waals surface area (Å²) in [7, 11) is 0. The van der Waals surface area contributed by atoms with Crippen LogP contribution in [0.1, 0.15) is 11.1 Å². The zero-order chi connectivity index (χ0) is 7.84. The summed E-state index contributed by atoms with van der Waals surface area (Å²) in [6.07, 6.45) is 1.17. The molecule has 2 heteroatoms. The summed E-state index contributed by atoms with van der Waals surface area (Å²) >= 11 is 0. The summed E-state index contributed by atoms with van der Waals surface area (Å²) in [6.45, 7) is 0. The number of phenols is 1. The second-order valence-electron chi connectivity index (χ2n) is 3.02. The normalized spacial score (nSPS) is 21.7. The van der Waals surface area contributed by atoms with Crippen molar-refractivity contribution in [3.05, 3.63) is 29.3 Å². The number of hydrogen-bond donors (Lipinski definition) is 2. The third-order valence-electron chi connectivity index (χ3n) is 2.10. The zero-order valence-corrected chi connectivity index (χ0v) is 6.12. The Morgan fingerprint density at radius 2 is 1.91 bits per heavy atom. The van der Waals surface area contributed by atoms with Crippen LogP contribution in [0.2, 0.25) is 0 Å². The van der Waals surface area contributed by atoms with Crippen LogP contribution >= 0.6 is 0 Å². The number of aliphatic hydroxyl groups is 1. The fourth-order valence-electron chi connectivity index (χ4n) is 1.58. The molecule has 0 aromatic heterocycles. The Labute approximate surface area is 65.1 Å². The second-order valence-corrected chi connectivity index (χ2v) is 3.02. The lowest BCUT2D eigenvalue weighted by atomic mass is 10.1. The maximum absolute atomic E-state index is 9.26. The van der Waals surface area contributed by atoms with Gasteiger partial charge in [0.25, 0.3) is 0 Å². The van der Waals surface area contributed by atoms with Gasteiger partial charge in [0, 0.05) is 0 Å². The molecule has 0 saturated heterocycles. The van der Waals surface area contributed by atoms with E-state index < -0.39 is 0 Å². The van der Waals surface area contributed by atoms with Crippen molar-refractivity contribution >= 4 is 0 Å². The van der Waals surface area contributed by atoms with E-state index in [-0.39, 0.29) is 11.9 Å². The first kappa shape index (κ1) is 6.68. The first-order chi connectivity index (χ1) is 5.25. The molecule has 1 unspecified atom stereocenters. The summed E-state index contributed by atoms with van der Waals surface area (Å²) in [5, 5.41) is 18.4. The van der Waals surface area contributed by atoms with Crippen LogP contribution in [0.5, 0.6) is 5.75 Å². The SMILES string of the molecule is Oc1ccc2c(c1)CC(O)C2. The topological polar surface area (TPSA) is 40.5 Å². The van der Waals surface area contributed by atoms with E-state index in [0.29, 0.717) is 6.42 Å². The minimum Gasteiger partial charge on any atom is -0.508 e. The van der Waals surface area contributed by atoms with Gasteiger partial charge in [0.05, 0.1) is 6.10 Å². The van der Waals surface area contributed by atoms with E-state index in [4.69, 9.17) is 5.11 Å². The van der Waals surface area contributed by atoms with E-state index in [9.17, 15) is 5.11 Å². The Morgan fingerprint density at radius 1 is 1.18 bits per heavy atom. The van der Waals surface area contributed by atoms with Crippen LogP contribution in [0.3, 0.4) is 0 Å². The van der Waals surface area contributed by atoms with E-state index in [1.54, 1.807) is 12.1 Å². The van der Waals surface area contributed by atoms with Gasteiger partial charge >= 0.3 is 0 Å². The van der Waals surface area contributed by atoms with Crippen molar-refractivity contribution in [2.24, 2.45) is 0 Å². The van der Waals surface area contributed by atoms with Crippen molar-refractivity contribution in [3.8, 4) is 5.75 Å². The van der Waals surface area contributed by atoms with E-state index in [1.165, 1.54) is 0 Å². The van der Waals surface area contributed by atoms with Gasteiger partial charge in [-0.25, -0.2) is 0 Å². The Morgan fingerprint density at radius 3 is 2.73 bits per heavy atom. The van der Waals surface area contributed by atoms with Gasteiger partial charge in [-0.15, -0.1) is 0 Å². The van der Waals surface area contributed by atoms with Gasteiger partial charge in [-0.1, -0.05) is 6.07 Å². The molecule has 1 aliphatic carbocycles. The molecular formula is C9H10O2. The van der Waals surface area contributed by atoms with Crippen LogP contribution in [0.4, 0.5) is 0 Å². The first-order valence-corrected chi connectivity index (χ1v) is 3.74. The molecule has 11 heavy (non-hydrogen) atoms. The molecule has 1 aliphatic rings. The van der Waals surface area contributed by atoms with Gasteiger partial charge < -0.3 is 10.2 Å². The van der Waals surface area contributed by atoms with Crippen molar-refractivity contribution in [2.45, 2.75) is 18.9 Å². The quantitative estimate of drug-likeness (QED) is 0.575. The Bertz CT molecular complexity index is 281. The number of rotatable bonds is 0. The van der Waals surface area contributed by atoms with Gasteiger partial charge in [-0.3, -0.25) is 0 Å². The maximum atomic E-state index is 9.26. The standard InChI is InChI=1S/C9H10O2/c10-8-2-1-6-3-9(11)5-7(6)4-8/h1-2,4,9-11H,3,5H2. The van der Waals surface area contributed by atoms with Crippen molar-refractivity contribution in [1.29, 1.82) is 0 Å². The Hall–Kier alpha value is -1.02. The molecular weight excluding hydrogens is 140 g/mol. The average Bonchev–Trinajstić information content (AvgIpc) is 2.27. The molecule has 0 spiro atoms. The minimum absolute atomic E-state index is 0.244. The van der Waals surface area contributed by atoms with E-state index >= 15 is 0 Å². The summed E-state index contributed by atoms with van der Waals surface area (Å²) in [5.41, 5.74) is 2.24. The fourth-order valence-corrected chi connectivity index (χ4v) is 1.58. The number of aliphatic hydroxyl groups excluding tert-OH is 1. The van der Waals surface area contributed by atoms with Gasteiger partial charge in [-0.05, 0) is 36.1 Å². The number of hydrogen-bond acceptors (Lipinski definition) is 2. The average molecular weight is 150 g/mol. The fraction of sp³-hybridized carbons (Fsp3) is 0.333. The molecule has 0 saturated carbocycles. The summed E-state index contributed by atoms with van der Waals surface area (Å²) in [4.78, 5) is 0. The first-order valence-electron chi connectivity index (χ1n) is 3.74. The molecule has 0 fully saturated rings. The highest BCUT2D eigenvalue weighted by molar-refractivity contribution is 5.38. The van der Waals surface area contributed by atoms with Crippen molar-refractivity contribution in [2.75, 3.05) is 0 Å². The number of benzene rings is 1. The number of aromatic hydroxyl groups is 1. The largest absolute Gasteiger partial charge is 0.508 e. The zero-order valence-electron chi connectivity index (χ0n) is 6.12. The van der Waals surface area contributed by atoms with E-state index in [2.05, 4.69) is 0 Å². The number of fused-ring (bicyclic) bond motifs is 1. The lowest BCUT2D eigenvalue weighted by molar-refractivity contribution is 0.187.